The number of nitrogens with zero attached hydrogens (tertiary/aromatic N) is 2. The molecule has 1 aromatic carbocycles. The molecular formula is C21H29N3O2S. The van der Waals surface area contributed by atoms with E-state index in [-0.39, 0.29) is 17.5 Å². The number of thioether (sulfide) groups is 1. The maximum atomic E-state index is 12.4. The molecule has 2 aromatic rings. The summed E-state index contributed by atoms with van der Waals surface area (Å²) in [7, 11) is 0. The predicted octanol–water partition coefficient (Wildman–Crippen LogP) is 3.60. The Morgan fingerprint density at radius 2 is 2.11 bits per heavy atom. The minimum absolute atomic E-state index is 0.0154. The second-order valence-corrected chi connectivity index (χ2v) is 9.11. The number of fused-ring (bicyclic) bond motifs is 1. The first-order valence-electron chi connectivity index (χ1n) is 9.53. The second kappa shape index (κ2) is 8.48. The molecule has 1 aliphatic carbocycles. The van der Waals surface area contributed by atoms with Crippen LogP contribution in [-0.2, 0) is 16.8 Å². The summed E-state index contributed by atoms with van der Waals surface area (Å²) in [5.41, 5.74) is 3.23. The van der Waals surface area contributed by atoms with E-state index in [0.717, 1.165) is 30.4 Å². The molecule has 1 aromatic heterocycles. The second-order valence-electron chi connectivity index (χ2n) is 8.08. The zero-order valence-corrected chi connectivity index (χ0v) is 17.1. The van der Waals surface area contributed by atoms with Gasteiger partial charge in [0, 0.05) is 17.0 Å². The van der Waals surface area contributed by atoms with E-state index >= 15 is 0 Å². The van der Waals surface area contributed by atoms with Gasteiger partial charge >= 0.3 is 0 Å². The average Bonchev–Trinajstić information content (AvgIpc) is 3.08. The summed E-state index contributed by atoms with van der Waals surface area (Å²) in [6.07, 6.45) is 4.38. The summed E-state index contributed by atoms with van der Waals surface area (Å²) in [5, 5.41) is 17.9. The standard InChI is InChI=1S/C21H29N3O2S/c1-21(2,3)24-18-11-7-10-17(16(18)12-22-24)23-20(26)14-27-13-19(25)15-8-5-4-6-9-15/h4-6,8-9,12,17,19,25H,7,10-11,13-14H2,1-3H3,(H,23,26). The SMILES string of the molecule is CC(C)(C)n1ncc2c1CCCC2NC(=O)CSCC(O)c1ccccc1. The zero-order chi connectivity index (χ0) is 19.4. The van der Waals surface area contributed by atoms with Gasteiger partial charge in [0.05, 0.1) is 29.6 Å². The summed E-state index contributed by atoms with van der Waals surface area (Å²) >= 11 is 1.46. The lowest BCUT2D eigenvalue weighted by Crippen LogP contribution is -2.33. The van der Waals surface area contributed by atoms with Crippen LogP contribution in [0.25, 0.3) is 0 Å². The summed E-state index contributed by atoms with van der Waals surface area (Å²) < 4.78 is 2.09. The van der Waals surface area contributed by atoms with Crippen molar-refractivity contribution in [2.24, 2.45) is 0 Å². The maximum absolute atomic E-state index is 12.4. The van der Waals surface area contributed by atoms with Crippen LogP contribution in [0.2, 0.25) is 0 Å². The molecule has 0 bridgehead atoms. The van der Waals surface area contributed by atoms with Crippen LogP contribution in [0.3, 0.4) is 0 Å². The zero-order valence-electron chi connectivity index (χ0n) is 16.3. The van der Waals surface area contributed by atoms with Gasteiger partial charge in [0.15, 0.2) is 0 Å². The van der Waals surface area contributed by atoms with E-state index in [1.165, 1.54) is 17.5 Å². The first-order valence-corrected chi connectivity index (χ1v) is 10.7. The molecule has 3 rings (SSSR count). The predicted molar refractivity (Wildman–Crippen MR) is 110 cm³/mol. The van der Waals surface area contributed by atoms with E-state index in [4.69, 9.17) is 0 Å². The normalized spacial score (nSPS) is 18.0. The van der Waals surface area contributed by atoms with Gasteiger partial charge in [-0.05, 0) is 45.6 Å². The van der Waals surface area contributed by atoms with Crippen molar-refractivity contribution >= 4 is 17.7 Å². The van der Waals surface area contributed by atoms with Gasteiger partial charge in [-0.2, -0.15) is 5.10 Å². The molecule has 2 atom stereocenters. The lowest BCUT2D eigenvalue weighted by Gasteiger charge is -2.28. The summed E-state index contributed by atoms with van der Waals surface area (Å²) in [6.45, 7) is 6.45. The molecule has 1 aliphatic rings. The molecule has 27 heavy (non-hydrogen) atoms. The van der Waals surface area contributed by atoms with Gasteiger partial charge < -0.3 is 10.4 Å². The maximum Gasteiger partial charge on any atom is 0.230 e. The minimum atomic E-state index is -0.546. The quantitative estimate of drug-likeness (QED) is 0.795. The topological polar surface area (TPSA) is 67.2 Å². The molecular weight excluding hydrogens is 358 g/mol. The number of amides is 1. The third kappa shape index (κ3) is 4.93. The highest BCUT2D eigenvalue weighted by atomic mass is 32.2. The highest BCUT2D eigenvalue weighted by Gasteiger charge is 2.28. The van der Waals surface area contributed by atoms with E-state index in [2.05, 4.69) is 35.9 Å². The number of nitrogens with one attached hydrogen (secondary N) is 1. The minimum Gasteiger partial charge on any atom is -0.388 e. The number of aliphatic hydroxyl groups is 1. The number of aromatic nitrogens is 2. The Morgan fingerprint density at radius 1 is 1.37 bits per heavy atom. The largest absolute Gasteiger partial charge is 0.388 e. The van der Waals surface area contributed by atoms with Crippen LogP contribution in [0.15, 0.2) is 36.5 Å². The molecule has 2 unspecified atom stereocenters. The molecule has 6 heteroatoms. The molecule has 0 saturated carbocycles. The highest BCUT2D eigenvalue weighted by Crippen LogP contribution is 2.32. The van der Waals surface area contributed by atoms with Crippen molar-refractivity contribution in [2.45, 2.75) is 57.7 Å². The molecule has 2 N–H and O–H groups in total. The number of hydrogen-bond donors (Lipinski definition) is 2. The van der Waals surface area contributed by atoms with E-state index in [9.17, 15) is 9.90 Å². The number of hydrogen-bond acceptors (Lipinski definition) is 4. The molecule has 146 valence electrons. The van der Waals surface area contributed by atoms with Crippen LogP contribution in [0.5, 0.6) is 0 Å². The Hall–Kier alpha value is -1.79. The fourth-order valence-corrected chi connectivity index (χ4v) is 4.36. The Morgan fingerprint density at radius 3 is 2.81 bits per heavy atom. The average molecular weight is 388 g/mol. The summed E-state index contributed by atoms with van der Waals surface area (Å²) in [6, 6.07) is 9.60. The first-order chi connectivity index (χ1) is 12.9. The van der Waals surface area contributed by atoms with Crippen LogP contribution in [0, 0.1) is 0 Å². The van der Waals surface area contributed by atoms with Crippen molar-refractivity contribution in [3.05, 3.63) is 53.3 Å². The number of aliphatic hydroxyl groups excluding tert-OH is 1. The molecule has 0 radical (unpaired) electrons. The van der Waals surface area contributed by atoms with Gasteiger partial charge in [-0.15, -0.1) is 11.8 Å². The van der Waals surface area contributed by atoms with Crippen LogP contribution in [0.4, 0.5) is 0 Å². The Bertz CT molecular complexity index is 767. The molecule has 0 saturated heterocycles. The number of carbonyl (C=O) groups is 1. The van der Waals surface area contributed by atoms with Gasteiger partial charge in [-0.3, -0.25) is 9.48 Å². The highest BCUT2D eigenvalue weighted by molar-refractivity contribution is 7.99. The van der Waals surface area contributed by atoms with Crippen molar-refractivity contribution in [1.29, 1.82) is 0 Å². The van der Waals surface area contributed by atoms with Crippen molar-refractivity contribution < 1.29 is 9.90 Å². The van der Waals surface area contributed by atoms with E-state index < -0.39 is 6.10 Å². The van der Waals surface area contributed by atoms with Gasteiger partial charge in [-0.1, -0.05) is 30.3 Å². The van der Waals surface area contributed by atoms with Gasteiger partial charge in [0.2, 0.25) is 5.91 Å². The fraction of sp³-hybridized carbons (Fsp3) is 0.524. The van der Waals surface area contributed by atoms with Crippen LogP contribution < -0.4 is 5.32 Å². The smallest absolute Gasteiger partial charge is 0.230 e. The first kappa shape index (κ1) is 20.0. The van der Waals surface area contributed by atoms with Crippen LogP contribution in [0.1, 0.15) is 62.6 Å². The third-order valence-electron chi connectivity index (χ3n) is 4.85. The molecule has 0 fully saturated rings. The Balaban J connectivity index is 1.53. The van der Waals surface area contributed by atoms with E-state index in [0.29, 0.717) is 11.5 Å². The molecule has 0 spiro atoms. The molecule has 1 amide bonds. The van der Waals surface area contributed by atoms with Crippen LogP contribution in [-0.4, -0.2) is 32.3 Å². The molecule has 0 aliphatic heterocycles. The third-order valence-corrected chi connectivity index (χ3v) is 5.86. The van der Waals surface area contributed by atoms with Crippen LogP contribution >= 0.6 is 11.8 Å². The van der Waals surface area contributed by atoms with Crippen molar-refractivity contribution in [3.63, 3.8) is 0 Å². The molecule has 5 nitrogen and oxygen atoms in total. The van der Waals surface area contributed by atoms with E-state index in [1.54, 1.807) is 0 Å². The fourth-order valence-electron chi connectivity index (χ4n) is 3.56. The monoisotopic (exact) mass is 387 g/mol. The number of rotatable bonds is 6. The van der Waals surface area contributed by atoms with Crippen molar-refractivity contribution in [3.8, 4) is 0 Å². The number of benzene rings is 1. The molecule has 1 heterocycles. The Labute approximate surface area is 165 Å². The van der Waals surface area contributed by atoms with Gasteiger partial charge in [-0.25, -0.2) is 0 Å². The number of carbonyl (C=O) groups excluding carboxylic acids is 1. The summed E-state index contributed by atoms with van der Waals surface area (Å²) in [5.74, 6) is 0.875. The van der Waals surface area contributed by atoms with Gasteiger partial charge in [0.25, 0.3) is 0 Å². The van der Waals surface area contributed by atoms with Crippen molar-refractivity contribution in [1.82, 2.24) is 15.1 Å². The summed E-state index contributed by atoms with van der Waals surface area (Å²) in [4.78, 5) is 12.4. The Kier molecular flexibility index (Phi) is 6.27. The van der Waals surface area contributed by atoms with Crippen molar-refractivity contribution in [2.75, 3.05) is 11.5 Å². The van der Waals surface area contributed by atoms with Gasteiger partial charge in [0.1, 0.15) is 0 Å². The lowest BCUT2D eigenvalue weighted by molar-refractivity contribution is -0.119. The lowest BCUT2D eigenvalue weighted by atomic mass is 9.92. The van der Waals surface area contributed by atoms with E-state index in [1.807, 2.05) is 36.5 Å².